The van der Waals surface area contributed by atoms with Crippen molar-refractivity contribution in [2.24, 2.45) is 0 Å². The fourth-order valence-electron chi connectivity index (χ4n) is 21.7. The summed E-state index contributed by atoms with van der Waals surface area (Å²) < 4.78 is 45.2. The number of nitrogens with zero attached hydrogens (tertiary/aromatic N) is 16. The number of aliphatic hydroxyl groups is 4. The number of piperidine rings is 2. The minimum atomic E-state index is -0.240. The summed E-state index contributed by atoms with van der Waals surface area (Å²) in [6.07, 6.45) is 12.6. The molecule has 4 fully saturated rings. The molecule has 32 heteroatoms. The van der Waals surface area contributed by atoms with Crippen LogP contribution in [0.3, 0.4) is 0 Å². The second-order valence-electron chi connectivity index (χ2n) is 38.3. The number of amides is 4. The third-order valence-electron chi connectivity index (χ3n) is 27.8. The van der Waals surface area contributed by atoms with E-state index in [9.17, 15) is 60.7 Å². The van der Waals surface area contributed by atoms with Crippen molar-refractivity contribution < 1.29 is 76.6 Å². The monoisotopic (exact) mass is 1890 g/mol. The third kappa shape index (κ3) is 19.8. The zero-order valence-corrected chi connectivity index (χ0v) is 79.8. The maximum atomic E-state index is 12.6. The van der Waals surface area contributed by atoms with Crippen molar-refractivity contribution >= 4 is 23.6 Å². The smallest absolute Gasteiger partial charge is 0.258 e. The minimum absolute atomic E-state index is 0.0293. The van der Waals surface area contributed by atoms with E-state index in [-0.39, 0.29) is 96.1 Å². The first-order valence-corrected chi connectivity index (χ1v) is 48.0. The number of hydrogen-bond donors (Lipinski definition) is 4. The molecule has 4 spiro atoms. The number of aliphatic hydroxyl groups excluding tert-OH is 4. The second kappa shape index (κ2) is 41.5. The van der Waals surface area contributed by atoms with E-state index in [1.54, 1.807) is 68.1 Å². The van der Waals surface area contributed by atoms with Crippen LogP contribution in [0.5, 0.6) is 23.0 Å². The fraction of sp³-hybridized carbons (Fsp3) is 0.407. The number of nitriles is 4. The molecule has 0 bridgehead atoms. The Morgan fingerprint density at radius 1 is 0.329 bits per heavy atom. The molecule has 4 aromatic heterocycles. The van der Waals surface area contributed by atoms with Gasteiger partial charge in [-0.3, -0.25) is 19.2 Å². The second-order valence-corrected chi connectivity index (χ2v) is 38.3. The molecule has 140 heavy (non-hydrogen) atoms. The first kappa shape index (κ1) is 96.9. The molecule has 8 heterocycles. The number of fused-ring (bicyclic) bond motifs is 8. The van der Waals surface area contributed by atoms with Crippen LogP contribution in [-0.2, 0) is 66.5 Å². The van der Waals surface area contributed by atoms with Gasteiger partial charge in [-0.05, 0) is 250 Å². The average Bonchev–Trinajstić information content (AvgIpc) is 1.58. The van der Waals surface area contributed by atoms with E-state index >= 15 is 0 Å². The lowest BCUT2D eigenvalue weighted by Crippen LogP contribution is -2.48. The molecule has 32 nitrogen and oxygen atoms in total. The van der Waals surface area contributed by atoms with Crippen LogP contribution in [0.4, 0.5) is 0 Å². The van der Waals surface area contributed by atoms with Gasteiger partial charge in [0.05, 0.1) is 73.1 Å². The van der Waals surface area contributed by atoms with Gasteiger partial charge >= 0.3 is 0 Å². The van der Waals surface area contributed by atoms with Crippen LogP contribution in [-0.4, -0.2) is 207 Å². The molecule has 0 saturated carbocycles. The Kier molecular flexibility index (Phi) is 28.7. The highest BCUT2D eigenvalue weighted by molar-refractivity contribution is 5.84. The molecule has 4 aliphatic heterocycles. The zero-order valence-electron chi connectivity index (χ0n) is 79.8. The molecule has 20 rings (SSSR count). The Bertz CT molecular complexity index is 6440. The van der Waals surface area contributed by atoms with Crippen molar-refractivity contribution in [3.63, 3.8) is 0 Å². The molecule has 0 radical (unpaired) electrons. The number of hydrogen-bond acceptors (Lipinski definition) is 28. The van der Waals surface area contributed by atoms with Crippen LogP contribution in [0.15, 0.2) is 164 Å². The highest BCUT2D eigenvalue weighted by atomic mass is 16.5. The van der Waals surface area contributed by atoms with Gasteiger partial charge in [0, 0.05) is 144 Å². The third-order valence-corrected chi connectivity index (χ3v) is 27.8. The number of carbonyl (C=O) groups is 4. The van der Waals surface area contributed by atoms with Gasteiger partial charge in [-0.15, -0.1) is 0 Å². The van der Waals surface area contributed by atoms with E-state index in [0.29, 0.717) is 192 Å². The number of aromatic nitrogens is 8. The van der Waals surface area contributed by atoms with Gasteiger partial charge < -0.3 is 77.1 Å². The number of ether oxygens (including phenoxy) is 4. The molecule has 4 saturated heterocycles. The molecule has 4 N–H and O–H groups in total. The van der Waals surface area contributed by atoms with E-state index in [1.165, 1.54) is 33.4 Å². The van der Waals surface area contributed by atoms with E-state index in [1.807, 2.05) is 128 Å². The molecule has 8 aliphatic rings. The van der Waals surface area contributed by atoms with Crippen LogP contribution < -0.4 is 18.9 Å². The van der Waals surface area contributed by atoms with Gasteiger partial charge in [-0.25, -0.2) is 0 Å². The Labute approximate surface area is 811 Å². The van der Waals surface area contributed by atoms with Gasteiger partial charge in [0.2, 0.25) is 46.9 Å². The molecule has 720 valence electrons. The molecule has 12 aromatic rings. The summed E-state index contributed by atoms with van der Waals surface area (Å²) in [6.45, 7) is 19.2. The largest absolute Gasteiger partial charge is 0.490 e. The van der Waals surface area contributed by atoms with Gasteiger partial charge in [0.1, 0.15) is 47.3 Å². The Balaban J connectivity index is 0.000000129. The lowest BCUT2D eigenvalue weighted by atomic mass is 9.68. The first-order valence-electron chi connectivity index (χ1n) is 48.0. The lowest BCUT2D eigenvalue weighted by molar-refractivity contribution is -0.136. The number of likely N-dealkylation sites (tertiary alicyclic amines) is 4. The Morgan fingerprint density at radius 2 is 0.579 bits per heavy atom. The van der Waals surface area contributed by atoms with Crippen molar-refractivity contribution in [1.29, 1.82) is 21.0 Å². The van der Waals surface area contributed by atoms with E-state index in [0.717, 1.165) is 110 Å². The predicted molar refractivity (Wildman–Crippen MR) is 514 cm³/mol. The number of β-amino-alcohol motifs (C(OH)–C–C–N with tert-alkyl or cyclic N) is 4. The predicted octanol–water partition coefficient (Wildman–Crippen LogP) is 15.4. The summed E-state index contributed by atoms with van der Waals surface area (Å²) in [4.78, 5) is 75.7. The minimum Gasteiger partial charge on any atom is -0.490 e. The highest BCUT2D eigenvalue weighted by Crippen LogP contribution is 2.53. The summed E-state index contributed by atoms with van der Waals surface area (Å²) in [6, 6.07) is 54.3. The first-order chi connectivity index (χ1) is 67.7. The molecular formula is C108H112N16O16. The van der Waals surface area contributed by atoms with Crippen molar-refractivity contribution in [1.82, 2.24) is 60.2 Å². The van der Waals surface area contributed by atoms with Crippen LogP contribution >= 0.6 is 0 Å². The Morgan fingerprint density at radius 3 is 0.843 bits per heavy atom. The summed E-state index contributed by atoms with van der Waals surface area (Å²) in [7, 11) is 0. The molecule has 0 unspecified atom stereocenters. The maximum Gasteiger partial charge on any atom is 0.258 e. The maximum absolute atomic E-state index is 12.6. The summed E-state index contributed by atoms with van der Waals surface area (Å²) in [5.74, 6) is 5.86. The zero-order chi connectivity index (χ0) is 98.3. The van der Waals surface area contributed by atoms with Crippen molar-refractivity contribution in [3.8, 4) is 139 Å². The number of carbonyl (C=O) groups excluding carboxylic acids is 4. The molecule has 8 aromatic carbocycles. The van der Waals surface area contributed by atoms with Crippen LogP contribution in [0.25, 0.3) is 91.4 Å². The lowest BCUT2D eigenvalue weighted by Gasteiger charge is -2.41. The topological polar surface area (TPSA) is 450 Å². The van der Waals surface area contributed by atoms with Crippen molar-refractivity contribution in [3.05, 3.63) is 212 Å². The average molecular weight is 1890 g/mol. The van der Waals surface area contributed by atoms with E-state index in [4.69, 9.17) is 37.0 Å². The number of rotatable bonds is 24. The Hall–Kier alpha value is -14.8. The van der Waals surface area contributed by atoms with Gasteiger partial charge in [0.25, 0.3) is 23.6 Å². The molecule has 4 amide bonds. The highest BCUT2D eigenvalue weighted by Gasteiger charge is 2.51. The summed E-state index contributed by atoms with van der Waals surface area (Å²) in [5, 5.41) is 92.7. The van der Waals surface area contributed by atoms with E-state index < -0.39 is 0 Å². The quantitative estimate of drug-likeness (QED) is 0.0436. The van der Waals surface area contributed by atoms with Crippen LogP contribution in [0, 0.1) is 45.3 Å². The van der Waals surface area contributed by atoms with Gasteiger partial charge in [0.15, 0.2) is 0 Å². The van der Waals surface area contributed by atoms with Gasteiger partial charge in [-0.1, -0.05) is 93.4 Å². The standard InChI is InChI=1S/4C27H28N4O4/c2*1-17(2)34-23-9-8-18(13-19(23)15-28)26-29-25(30-35-26)21-5-3-7-22-20(21)6-4-10-27(22)14-24(33)31(16-27)11-12-32;2*1-17(2)34-23-7-6-18(14-19(23)15-28)26-29-25(30-35-26)21-4-3-5-22-20(21)8-10-27(22)11-9-24(33)31(16-27)12-13-32/h2*3,5,7-9,13,17,32H,4,6,10-12,14,16H2,1-2H3;2*3-7,14,17,32H,8-13,16H2,1-2H3/t4*27-/m1010/s1. The summed E-state index contributed by atoms with van der Waals surface area (Å²) >= 11 is 0. The van der Waals surface area contributed by atoms with Gasteiger partial charge in [-0.2, -0.15) is 41.0 Å². The van der Waals surface area contributed by atoms with Crippen LogP contribution in [0.1, 0.15) is 199 Å². The van der Waals surface area contributed by atoms with Crippen molar-refractivity contribution in [2.45, 2.75) is 204 Å². The molecular weight excluding hydrogens is 1780 g/mol. The van der Waals surface area contributed by atoms with E-state index in [2.05, 4.69) is 89.1 Å². The SMILES string of the molecule is CC(C)Oc1ccc(-c2nc(-c3cccc4c3CCC[C@@]43CC(=O)N(CCO)C3)no2)cc1C#N.CC(C)Oc1ccc(-c2nc(-c3cccc4c3CCC[C@]43CC(=O)N(CCO)C3)no2)cc1C#N.CC(C)Oc1ccc(-c2nc(-c3cccc4c3CC[C@@]43CCC(=O)N(CCO)C3)no2)cc1C#N.CC(C)Oc1ccc(-c2nc(-c3cccc4c3CC[C@]43CCC(=O)N(CCO)C3)no2)cc1C#N. The normalized spacial score (nSPS) is 19.3. The molecule has 4 atom stereocenters. The number of benzene rings is 8. The summed E-state index contributed by atoms with van der Waals surface area (Å²) in [5.41, 5.74) is 16.8. The molecule has 4 aliphatic carbocycles. The van der Waals surface area contributed by atoms with Crippen LogP contribution in [0.2, 0.25) is 0 Å². The fourth-order valence-corrected chi connectivity index (χ4v) is 21.7. The van der Waals surface area contributed by atoms with Crippen molar-refractivity contribution in [2.75, 3.05) is 78.8 Å².